The molecule has 1 saturated carbocycles. The van der Waals surface area contributed by atoms with Gasteiger partial charge in [0.05, 0.1) is 24.6 Å². The Bertz CT molecular complexity index is 1130. The van der Waals surface area contributed by atoms with Crippen LogP contribution in [0.2, 0.25) is 0 Å². The van der Waals surface area contributed by atoms with Crippen LogP contribution in [-0.2, 0) is 13.6 Å². The normalized spacial score (nSPS) is 18.1. The third-order valence-corrected chi connectivity index (χ3v) is 5.37. The monoisotopic (exact) mass is 389 g/mol. The van der Waals surface area contributed by atoms with Crippen LogP contribution in [0.4, 0.5) is 5.82 Å². The van der Waals surface area contributed by atoms with E-state index in [0.29, 0.717) is 30.9 Å². The maximum absolute atomic E-state index is 6.15. The molecule has 1 N–H and O–H groups in total. The summed E-state index contributed by atoms with van der Waals surface area (Å²) < 4.78 is 9.76. The van der Waals surface area contributed by atoms with Gasteiger partial charge in [-0.1, -0.05) is 6.07 Å². The lowest BCUT2D eigenvalue weighted by atomic mass is 10.2. The molecule has 4 aromatic rings. The smallest absolute Gasteiger partial charge is 0.222 e. The number of nitrogens with one attached hydrogen (secondary N) is 1. The fourth-order valence-corrected chi connectivity index (χ4v) is 3.67. The molecule has 8 heteroatoms. The lowest BCUT2D eigenvalue weighted by Crippen LogP contribution is -2.11. The molecule has 0 amide bonds. The van der Waals surface area contributed by atoms with Crippen molar-refractivity contribution in [3.63, 3.8) is 0 Å². The Morgan fingerprint density at radius 1 is 1.21 bits per heavy atom. The SMILES string of the molecule is Cc1c(OC[C@@H]2C[C@H]2c2ccccn2)nc2ccnn2c1NCc1cnn(C)c1. The molecule has 0 radical (unpaired) electrons. The Kier molecular flexibility index (Phi) is 4.38. The van der Waals surface area contributed by atoms with E-state index in [4.69, 9.17) is 4.74 Å². The summed E-state index contributed by atoms with van der Waals surface area (Å²) in [7, 11) is 1.91. The summed E-state index contributed by atoms with van der Waals surface area (Å²) in [5, 5.41) is 12.1. The number of hydrogen-bond donors (Lipinski definition) is 1. The minimum absolute atomic E-state index is 0.485. The van der Waals surface area contributed by atoms with E-state index >= 15 is 0 Å². The highest BCUT2D eigenvalue weighted by Gasteiger charge is 2.40. The third-order valence-electron chi connectivity index (χ3n) is 5.37. The van der Waals surface area contributed by atoms with E-state index in [2.05, 4.69) is 31.5 Å². The molecule has 5 rings (SSSR count). The van der Waals surface area contributed by atoms with Gasteiger partial charge in [-0.25, -0.2) is 0 Å². The van der Waals surface area contributed by atoms with E-state index in [1.807, 2.05) is 55.3 Å². The fourth-order valence-electron chi connectivity index (χ4n) is 3.67. The van der Waals surface area contributed by atoms with Crippen LogP contribution in [0.5, 0.6) is 5.88 Å². The van der Waals surface area contributed by atoms with Gasteiger partial charge in [0.15, 0.2) is 5.65 Å². The van der Waals surface area contributed by atoms with E-state index in [1.54, 1.807) is 10.9 Å². The molecule has 8 nitrogen and oxygen atoms in total. The number of fused-ring (bicyclic) bond motifs is 1. The highest BCUT2D eigenvalue weighted by Crippen LogP contribution is 2.46. The summed E-state index contributed by atoms with van der Waals surface area (Å²) in [5.41, 5.74) is 3.95. The molecular formula is C21H23N7O. The largest absolute Gasteiger partial charge is 0.477 e. The van der Waals surface area contributed by atoms with Crippen molar-refractivity contribution in [2.45, 2.75) is 25.8 Å². The van der Waals surface area contributed by atoms with Gasteiger partial charge in [0.2, 0.25) is 5.88 Å². The molecule has 0 spiro atoms. The zero-order valence-electron chi connectivity index (χ0n) is 16.5. The van der Waals surface area contributed by atoms with Gasteiger partial charge in [-0.2, -0.15) is 19.7 Å². The minimum Gasteiger partial charge on any atom is -0.477 e. The number of rotatable bonds is 7. The lowest BCUT2D eigenvalue weighted by molar-refractivity contribution is 0.284. The predicted octanol–water partition coefficient (Wildman–Crippen LogP) is 2.96. The molecule has 4 heterocycles. The number of hydrogen-bond acceptors (Lipinski definition) is 6. The number of nitrogens with zero attached hydrogens (tertiary/aromatic N) is 6. The number of aromatic nitrogens is 6. The van der Waals surface area contributed by atoms with Crippen molar-refractivity contribution in [3.05, 3.63) is 65.9 Å². The molecule has 0 aliphatic heterocycles. The van der Waals surface area contributed by atoms with Crippen molar-refractivity contribution in [3.8, 4) is 5.88 Å². The van der Waals surface area contributed by atoms with Gasteiger partial charge < -0.3 is 10.1 Å². The molecule has 29 heavy (non-hydrogen) atoms. The van der Waals surface area contributed by atoms with Gasteiger partial charge in [-0.3, -0.25) is 9.67 Å². The quantitative estimate of drug-likeness (QED) is 0.523. The second-order valence-electron chi connectivity index (χ2n) is 7.54. The number of ether oxygens (including phenoxy) is 1. The van der Waals surface area contributed by atoms with Crippen molar-refractivity contribution in [2.75, 3.05) is 11.9 Å². The first-order chi connectivity index (χ1) is 14.2. The molecule has 148 valence electrons. The average molecular weight is 389 g/mol. The van der Waals surface area contributed by atoms with Crippen molar-refractivity contribution in [1.82, 2.24) is 29.4 Å². The second kappa shape index (κ2) is 7.20. The molecule has 1 aliphatic rings. The van der Waals surface area contributed by atoms with Gasteiger partial charge in [-0.05, 0) is 25.5 Å². The van der Waals surface area contributed by atoms with Crippen molar-refractivity contribution >= 4 is 11.5 Å². The zero-order chi connectivity index (χ0) is 19.8. The maximum atomic E-state index is 6.15. The van der Waals surface area contributed by atoms with E-state index < -0.39 is 0 Å². The maximum Gasteiger partial charge on any atom is 0.222 e. The van der Waals surface area contributed by atoms with E-state index in [1.165, 1.54) is 0 Å². The average Bonchev–Trinajstić information content (AvgIpc) is 3.15. The summed E-state index contributed by atoms with van der Waals surface area (Å²) in [6.45, 7) is 3.30. The van der Waals surface area contributed by atoms with Gasteiger partial charge in [0.1, 0.15) is 5.82 Å². The Labute approximate surface area is 168 Å². The first-order valence-corrected chi connectivity index (χ1v) is 9.78. The zero-order valence-corrected chi connectivity index (χ0v) is 16.5. The van der Waals surface area contributed by atoms with E-state index in [9.17, 15) is 0 Å². The third kappa shape index (κ3) is 3.53. The standard InChI is InChI=1S/C21H23N7O/c1-14-20(23-10-15-11-25-27(2)12-15)28-19(6-8-24-28)26-21(14)29-13-16-9-17(16)18-5-3-4-7-22-18/h3-8,11-12,16-17,23H,9-10,13H2,1-2H3/t16-,17+/m0/s1. The summed E-state index contributed by atoms with van der Waals surface area (Å²) in [6.07, 6.45) is 8.55. The summed E-state index contributed by atoms with van der Waals surface area (Å²) in [5.74, 6) is 2.51. The van der Waals surface area contributed by atoms with Gasteiger partial charge >= 0.3 is 0 Å². The van der Waals surface area contributed by atoms with Crippen LogP contribution < -0.4 is 10.1 Å². The van der Waals surface area contributed by atoms with E-state index in [0.717, 1.165) is 34.7 Å². The number of pyridine rings is 1. The molecule has 0 unspecified atom stereocenters. The summed E-state index contributed by atoms with van der Waals surface area (Å²) in [4.78, 5) is 9.13. The molecule has 0 saturated heterocycles. The highest BCUT2D eigenvalue weighted by atomic mass is 16.5. The van der Waals surface area contributed by atoms with E-state index in [-0.39, 0.29) is 0 Å². The molecule has 1 fully saturated rings. The summed E-state index contributed by atoms with van der Waals surface area (Å²) in [6, 6.07) is 7.96. The molecule has 4 aromatic heterocycles. The first-order valence-electron chi connectivity index (χ1n) is 9.78. The van der Waals surface area contributed by atoms with Gasteiger partial charge in [0, 0.05) is 55.1 Å². The molecule has 1 aliphatic carbocycles. The van der Waals surface area contributed by atoms with Crippen LogP contribution in [0, 0.1) is 12.8 Å². The Morgan fingerprint density at radius 3 is 2.93 bits per heavy atom. The Morgan fingerprint density at radius 2 is 2.14 bits per heavy atom. The minimum atomic E-state index is 0.485. The predicted molar refractivity (Wildman–Crippen MR) is 109 cm³/mol. The van der Waals surface area contributed by atoms with Crippen LogP contribution >= 0.6 is 0 Å². The van der Waals surface area contributed by atoms with Gasteiger partial charge in [0.25, 0.3) is 0 Å². The van der Waals surface area contributed by atoms with Crippen LogP contribution in [0.25, 0.3) is 5.65 Å². The number of anilines is 1. The summed E-state index contributed by atoms with van der Waals surface area (Å²) >= 11 is 0. The van der Waals surface area contributed by atoms with Crippen LogP contribution in [0.15, 0.2) is 49.1 Å². The second-order valence-corrected chi connectivity index (χ2v) is 7.54. The molecule has 0 aromatic carbocycles. The number of aryl methyl sites for hydroxylation is 1. The van der Waals surface area contributed by atoms with Crippen LogP contribution in [0.1, 0.15) is 29.2 Å². The van der Waals surface area contributed by atoms with Crippen LogP contribution in [-0.4, -0.2) is 36.0 Å². The molecular weight excluding hydrogens is 366 g/mol. The highest BCUT2D eigenvalue weighted by molar-refractivity contribution is 5.57. The van der Waals surface area contributed by atoms with Crippen molar-refractivity contribution in [2.24, 2.45) is 13.0 Å². The van der Waals surface area contributed by atoms with Crippen molar-refractivity contribution in [1.29, 1.82) is 0 Å². The lowest BCUT2D eigenvalue weighted by Gasteiger charge is -2.15. The molecule has 2 atom stereocenters. The Hall–Kier alpha value is -3.42. The van der Waals surface area contributed by atoms with Gasteiger partial charge in [-0.15, -0.1) is 0 Å². The van der Waals surface area contributed by atoms with Crippen LogP contribution in [0.3, 0.4) is 0 Å². The topological polar surface area (TPSA) is 82.2 Å². The fraction of sp³-hybridized carbons (Fsp3) is 0.333. The molecule has 0 bridgehead atoms. The van der Waals surface area contributed by atoms with Crippen molar-refractivity contribution < 1.29 is 4.74 Å². The first kappa shape index (κ1) is 17.7. The Balaban J connectivity index is 1.32.